The van der Waals surface area contributed by atoms with E-state index < -0.39 is 0 Å². The van der Waals surface area contributed by atoms with Gasteiger partial charge < -0.3 is 14.3 Å². The number of nitriles is 1. The van der Waals surface area contributed by atoms with Crippen LogP contribution in [-0.2, 0) is 13.6 Å². The number of rotatable bonds is 3. The predicted octanol–water partition coefficient (Wildman–Crippen LogP) is 3.27. The van der Waals surface area contributed by atoms with Gasteiger partial charge in [0.2, 0.25) is 0 Å². The van der Waals surface area contributed by atoms with E-state index in [0.29, 0.717) is 18.1 Å². The van der Waals surface area contributed by atoms with Gasteiger partial charge in [-0.3, -0.25) is 0 Å². The van der Waals surface area contributed by atoms with E-state index in [1.165, 1.54) is 0 Å². The van der Waals surface area contributed by atoms with E-state index in [1.807, 2.05) is 49.7 Å². The molecule has 5 heteroatoms. The second kappa shape index (κ2) is 4.98. The van der Waals surface area contributed by atoms with Crippen molar-refractivity contribution < 1.29 is 4.42 Å². The smallest absolute Gasteiger partial charge is 0.192 e. The highest BCUT2D eigenvalue weighted by Crippen LogP contribution is 2.21. The summed E-state index contributed by atoms with van der Waals surface area (Å²) in [6.45, 7) is 4.52. The summed E-state index contributed by atoms with van der Waals surface area (Å²) in [5, 5.41) is 12.4. The molecule has 0 aliphatic heterocycles. The van der Waals surface area contributed by atoms with Crippen LogP contribution in [-0.4, -0.2) is 9.55 Å². The summed E-state index contributed by atoms with van der Waals surface area (Å²) in [4.78, 5) is 4.32. The number of nitrogens with zero attached hydrogens (tertiary/aromatic N) is 3. The zero-order valence-electron chi connectivity index (χ0n) is 12.3. The van der Waals surface area contributed by atoms with Crippen LogP contribution >= 0.6 is 0 Å². The average molecular weight is 280 g/mol. The molecule has 0 aliphatic carbocycles. The molecule has 0 aliphatic rings. The van der Waals surface area contributed by atoms with Crippen molar-refractivity contribution in [3.8, 4) is 6.07 Å². The van der Waals surface area contributed by atoms with Crippen molar-refractivity contribution in [2.45, 2.75) is 20.4 Å². The van der Waals surface area contributed by atoms with E-state index in [2.05, 4.69) is 16.4 Å². The van der Waals surface area contributed by atoms with Gasteiger partial charge in [0.1, 0.15) is 17.3 Å². The molecule has 0 radical (unpaired) electrons. The number of fused-ring (bicyclic) bond motifs is 1. The quantitative estimate of drug-likeness (QED) is 0.799. The van der Waals surface area contributed by atoms with Crippen molar-refractivity contribution in [2.24, 2.45) is 7.05 Å². The largest absolute Gasteiger partial charge is 0.441 e. The van der Waals surface area contributed by atoms with Crippen LogP contribution in [0.25, 0.3) is 11.1 Å². The summed E-state index contributed by atoms with van der Waals surface area (Å²) >= 11 is 0. The molecule has 0 unspecified atom stereocenters. The molecule has 1 aromatic carbocycles. The van der Waals surface area contributed by atoms with Crippen molar-refractivity contribution in [3.05, 3.63) is 47.1 Å². The lowest BCUT2D eigenvalue weighted by Crippen LogP contribution is -2.01. The van der Waals surface area contributed by atoms with Crippen LogP contribution in [0.15, 0.2) is 28.7 Å². The number of aromatic nitrogens is 2. The van der Waals surface area contributed by atoms with Crippen molar-refractivity contribution in [2.75, 3.05) is 5.32 Å². The van der Waals surface area contributed by atoms with Crippen LogP contribution < -0.4 is 5.32 Å². The Morgan fingerprint density at radius 2 is 2.14 bits per heavy atom. The lowest BCUT2D eigenvalue weighted by Gasteiger charge is -2.06. The Morgan fingerprint density at radius 3 is 2.86 bits per heavy atom. The number of hydrogen-bond acceptors (Lipinski definition) is 4. The third kappa shape index (κ3) is 2.36. The maximum absolute atomic E-state index is 9.05. The van der Waals surface area contributed by atoms with E-state index in [0.717, 1.165) is 28.0 Å². The molecule has 0 spiro atoms. The Hall–Kier alpha value is -2.74. The summed E-state index contributed by atoms with van der Waals surface area (Å²) in [6, 6.07) is 9.96. The monoisotopic (exact) mass is 280 g/mol. The number of oxazole rings is 1. The maximum Gasteiger partial charge on any atom is 0.192 e. The summed E-state index contributed by atoms with van der Waals surface area (Å²) < 4.78 is 7.36. The Bertz CT molecular complexity index is 851. The fourth-order valence-electron chi connectivity index (χ4n) is 2.40. The van der Waals surface area contributed by atoms with E-state index in [1.54, 1.807) is 0 Å². The Labute approximate surface area is 122 Å². The molecule has 0 bridgehead atoms. The van der Waals surface area contributed by atoms with Crippen molar-refractivity contribution >= 4 is 16.8 Å². The molecule has 1 N–H and O–H groups in total. The first-order valence-corrected chi connectivity index (χ1v) is 6.75. The van der Waals surface area contributed by atoms with Crippen LogP contribution in [0, 0.1) is 25.2 Å². The molecule has 2 aromatic heterocycles. The number of benzene rings is 1. The first-order chi connectivity index (χ1) is 10.1. The van der Waals surface area contributed by atoms with Gasteiger partial charge in [0, 0.05) is 31.9 Å². The Kier molecular flexibility index (Phi) is 3.15. The summed E-state index contributed by atoms with van der Waals surface area (Å²) in [6.07, 6.45) is 0. The maximum atomic E-state index is 9.05. The zero-order chi connectivity index (χ0) is 15.0. The van der Waals surface area contributed by atoms with Crippen LogP contribution in [0.4, 0.5) is 5.69 Å². The van der Waals surface area contributed by atoms with Gasteiger partial charge in [-0.1, -0.05) is 0 Å². The molecule has 0 saturated heterocycles. The van der Waals surface area contributed by atoms with E-state index in [9.17, 15) is 0 Å². The third-order valence-corrected chi connectivity index (χ3v) is 3.73. The van der Waals surface area contributed by atoms with Crippen molar-refractivity contribution in [1.29, 1.82) is 5.26 Å². The molecule has 0 fully saturated rings. The normalized spacial score (nSPS) is 10.8. The molecule has 106 valence electrons. The van der Waals surface area contributed by atoms with Crippen LogP contribution in [0.5, 0.6) is 0 Å². The number of nitrogens with one attached hydrogen (secondary N) is 1. The van der Waals surface area contributed by atoms with Gasteiger partial charge in [-0.05, 0) is 36.8 Å². The van der Waals surface area contributed by atoms with E-state index in [4.69, 9.17) is 9.68 Å². The first kappa shape index (κ1) is 13.3. The van der Waals surface area contributed by atoms with Crippen LogP contribution in [0.1, 0.15) is 22.8 Å². The van der Waals surface area contributed by atoms with Crippen LogP contribution in [0.3, 0.4) is 0 Å². The molecule has 0 saturated carbocycles. The lowest BCUT2D eigenvalue weighted by molar-refractivity contribution is 0.561. The summed E-state index contributed by atoms with van der Waals surface area (Å²) in [5.74, 6) is 0.666. The second-order valence-electron chi connectivity index (χ2n) is 5.08. The predicted molar refractivity (Wildman–Crippen MR) is 80.9 cm³/mol. The SMILES string of the molecule is Cc1nc2cc(NCc3cc(C#N)n(C)c3C)ccc2o1. The van der Waals surface area contributed by atoms with Crippen molar-refractivity contribution in [1.82, 2.24) is 9.55 Å². The zero-order valence-corrected chi connectivity index (χ0v) is 12.3. The molecular weight excluding hydrogens is 264 g/mol. The fraction of sp³-hybridized carbons (Fsp3) is 0.250. The number of anilines is 1. The highest BCUT2D eigenvalue weighted by molar-refractivity contribution is 5.77. The molecule has 5 nitrogen and oxygen atoms in total. The van der Waals surface area contributed by atoms with Gasteiger partial charge in [-0.2, -0.15) is 5.26 Å². The second-order valence-corrected chi connectivity index (χ2v) is 5.08. The molecule has 2 heterocycles. The molecule has 3 aromatic rings. The minimum absolute atomic E-state index is 0.666. The van der Waals surface area contributed by atoms with Gasteiger partial charge in [0.05, 0.1) is 0 Å². The van der Waals surface area contributed by atoms with Gasteiger partial charge >= 0.3 is 0 Å². The minimum atomic E-state index is 0.666. The van der Waals surface area contributed by atoms with Crippen molar-refractivity contribution in [3.63, 3.8) is 0 Å². The summed E-state index contributed by atoms with van der Waals surface area (Å²) in [5.41, 5.74) is 5.51. The standard InChI is InChI=1S/C16H16N4O/c1-10-12(6-14(8-17)20(10)3)9-18-13-4-5-16-15(7-13)19-11(2)21-16/h4-7,18H,9H2,1-3H3. The fourth-order valence-corrected chi connectivity index (χ4v) is 2.40. The summed E-state index contributed by atoms with van der Waals surface area (Å²) in [7, 11) is 1.90. The highest BCUT2D eigenvalue weighted by Gasteiger charge is 2.09. The van der Waals surface area contributed by atoms with Gasteiger partial charge in [0.15, 0.2) is 11.5 Å². The first-order valence-electron chi connectivity index (χ1n) is 6.75. The third-order valence-electron chi connectivity index (χ3n) is 3.73. The van der Waals surface area contributed by atoms with Gasteiger partial charge in [0.25, 0.3) is 0 Å². The lowest BCUT2D eigenvalue weighted by atomic mass is 10.2. The highest BCUT2D eigenvalue weighted by atomic mass is 16.3. The minimum Gasteiger partial charge on any atom is -0.441 e. The number of hydrogen-bond donors (Lipinski definition) is 1. The molecule has 0 amide bonds. The van der Waals surface area contributed by atoms with Gasteiger partial charge in [-0.15, -0.1) is 0 Å². The Balaban J connectivity index is 1.81. The van der Waals surface area contributed by atoms with E-state index >= 15 is 0 Å². The van der Waals surface area contributed by atoms with Gasteiger partial charge in [-0.25, -0.2) is 4.98 Å². The average Bonchev–Trinajstić information content (AvgIpc) is 2.97. The number of aryl methyl sites for hydroxylation is 1. The topological polar surface area (TPSA) is 66.8 Å². The molecule has 21 heavy (non-hydrogen) atoms. The Morgan fingerprint density at radius 1 is 1.33 bits per heavy atom. The molecular formula is C16H16N4O. The molecule has 3 rings (SSSR count). The van der Waals surface area contributed by atoms with Crippen LogP contribution in [0.2, 0.25) is 0 Å². The van der Waals surface area contributed by atoms with E-state index in [-0.39, 0.29) is 0 Å². The molecule has 0 atom stereocenters.